The summed E-state index contributed by atoms with van der Waals surface area (Å²) in [6.45, 7) is 6.30. The van der Waals surface area contributed by atoms with Crippen molar-refractivity contribution < 1.29 is 9.84 Å². The maximum atomic E-state index is 9.71. The van der Waals surface area contributed by atoms with E-state index in [1.807, 2.05) is 0 Å². The van der Waals surface area contributed by atoms with Crippen molar-refractivity contribution in [2.24, 2.45) is 5.92 Å². The summed E-state index contributed by atoms with van der Waals surface area (Å²) in [5, 5.41) is 9.71. The molecular weight excluding hydrogens is 152 g/mol. The molecule has 0 saturated carbocycles. The Bertz CT molecular complexity index is 134. The summed E-state index contributed by atoms with van der Waals surface area (Å²) in [5.74, 6) is 0.417. The molecule has 0 aromatic carbocycles. The van der Waals surface area contributed by atoms with Crippen LogP contribution in [0.4, 0.5) is 0 Å². The first-order valence-corrected chi connectivity index (χ1v) is 4.94. The van der Waals surface area contributed by atoms with Crippen molar-refractivity contribution in [1.29, 1.82) is 0 Å². The Morgan fingerprint density at radius 3 is 2.58 bits per heavy atom. The van der Waals surface area contributed by atoms with Crippen molar-refractivity contribution >= 4 is 0 Å². The van der Waals surface area contributed by atoms with E-state index in [0.29, 0.717) is 12.0 Å². The zero-order valence-electron chi connectivity index (χ0n) is 8.29. The molecule has 1 saturated heterocycles. The molecule has 0 amide bonds. The summed E-state index contributed by atoms with van der Waals surface area (Å²) in [6.07, 6.45) is 3.17. The van der Waals surface area contributed by atoms with E-state index in [4.69, 9.17) is 4.74 Å². The van der Waals surface area contributed by atoms with E-state index < -0.39 is 0 Å². The monoisotopic (exact) mass is 172 g/mol. The van der Waals surface area contributed by atoms with Crippen LogP contribution in [-0.4, -0.2) is 23.4 Å². The van der Waals surface area contributed by atoms with Crippen LogP contribution in [0.15, 0.2) is 0 Å². The molecule has 2 nitrogen and oxygen atoms in total. The van der Waals surface area contributed by atoms with E-state index in [0.717, 1.165) is 19.3 Å². The van der Waals surface area contributed by atoms with Crippen LogP contribution in [0.25, 0.3) is 0 Å². The van der Waals surface area contributed by atoms with Gasteiger partial charge in [0.1, 0.15) is 0 Å². The number of rotatable bonds is 1. The van der Waals surface area contributed by atoms with Gasteiger partial charge in [0.2, 0.25) is 0 Å². The lowest BCUT2D eigenvalue weighted by atomic mass is 9.99. The molecule has 72 valence electrons. The Labute approximate surface area is 74.9 Å². The number of aliphatic hydroxyl groups is 1. The standard InChI is InChI=1S/C10H20O2/c1-7(2)10-9(11)6-4-5-8(3)12-10/h7-11H,4-6H2,1-3H3/t8-,9-,10+/m0/s1. The van der Waals surface area contributed by atoms with E-state index in [2.05, 4.69) is 20.8 Å². The summed E-state index contributed by atoms with van der Waals surface area (Å²) < 4.78 is 5.73. The highest BCUT2D eigenvalue weighted by Crippen LogP contribution is 2.23. The number of hydrogen-bond donors (Lipinski definition) is 1. The van der Waals surface area contributed by atoms with Gasteiger partial charge in [0.05, 0.1) is 18.3 Å². The van der Waals surface area contributed by atoms with Crippen LogP contribution in [-0.2, 0) is 4.74 Å². The van der Waals surface area contributed by atoms with Gasteiger partial charge in [-0.2, -0.15) is 0 Å². The molecule has 0 bridgehead atoms. The smallest absolute Gasteiger partial charge is 0.0860 e. The van der Waals surface area contributed by atoms with Crippen LogP contribution < -0.4 is 0 Å². The van der Waals surface area contributed by atoms with Gasteiger partial charge >= 0.3 is 0 Å². The van der Waals surface area contributed by atoms with E-state index in [1.165, 1.54) is 0 Å². The van der Waals surface area contributed by atoms with Crippen LogP contribution in [0.3, 0.4) is 0 Å². The predicted octanol–water partition coefficient (Wildman–Crippen LogP) is 1.96. The van der Waals surface area contributed by atoms with Crippen molar-refractivity contribution in [3.8, 4) is 0 Å². The van der Waals surface area contributed by atoms with Crippen LogP contribution in [0, 0.1) is 5.92 Å². The fraction of sp³-hybridized carbons (Fsp3) is 1.00. The Kier molecular flexibility index (Phi) is 3.53. The summed E-state index contributed by atoms with van der Waals surface area (Å²) in [7, 11) is 0. The molecule has 1 aliphatic heterocycles. The molecule has 1 aliphatic rings. The molecule has 0 aromatic heterocycles. The largest absolute Gasteiger partial charge is 0.390 e. The maximum absolute atomic E-state index is 9.71. The highest BCUT2D eigenvalue weighted by Gasteiger charge is 2.27. The van der Waals surface area contributed by atoms with Gasteiger partial charge < -0.3 is 9.84 Å². The Morgan fingerprint density at radius 1 is 1.33 bits per heavy atom. The van der Waals surface area contributed by atoms with Crippen LogP contribution in [0.2, 0.25) is 0 Å². The third kappa shape index (κ3) is 2.46. The van der Waals surface area contributed by atoms with Gasteiger partial charge in [-0.05, 0) is 32.1 Å². The number of hydrogen-bond acceptors (Lipinski definition) is 2. The fourth-order valence-electron chi connectivity index (χ4n) is 1.81. The van der Waals surface area contributed by atoms with E-state index in [-0.39, 0.29) is 12.2 Å². The van der Waals surface area contributed by atoms with Crippen molar-refractivity contribution in [2.45, 2.75) is 58.3 Å². The Balaban J connectivity index is 2.54. The first-order chi connectivity index (χ1) is 5.61. The van der Waals surface area contributed by atoms with E-state index in [9.17, 15) is 5.11 Å². The molecule has 0 aliphatic carbocycles. The van der Waals surface area contributed by atoms with Gasteiger partial charge in [0.25, 0.3) is 0 Å². The number of aliphatic hydroxyl groups excluding tert-OH is 1. The molecule has 1 N–H and O–H groups in total. The van der Waals surface area contributed by atoms with E-state index >= 15 is 0 Å². The highest BCUT2D eigenvalue weighted by molar-refractivity contribution is 4.77. The first-order valence-electron chi connectivity index (χ1n) is 4.94. The number of ether oxygens (including phenoxy) is 1. The molecule has 0 unspecified atom stereocenters. The molecule has 0 aromatic rings. The Morgan fingerprint density at radius 2 is 2.00 bits per heavy atom. The van der Waals surface area contributed by atoms with Gasteiger partial charge in [-0.1, -0.05) is 13.8 Å². The van der Waals surface area contributed by atoms with E-state index in [1.54, 1.807) is 0 Å². The molecule has 0 radical (unpaired) electrons. The van der Waals surface area contributed by atoms with Gasteiger partial charge in [-0.3, -0.25) is 0 Å². The second-order valence-electron chi connectivity index (χ2n) is 4.15. The molecule has 12 heavy (non-hydrogen) atoms. The van der Waals surface area contributed by atoms with Gasteiger partial charge in [0, 0.05) is 0 Å². The van der Waals surface area contributed by atoms with Crippen LogP contribution in [0.1, 0.15) is 40.0 Å². The zero-order chi connectivity index (χ0) is 9.14. The average Bonchev–Trinajstić information content (AvgIpc) is 2.13. The fourth-order valence-corrected chi connectivity index (χ4v) is 1.81. The third-order valence-electron chi connectivity index (χ3n) is 2.54. The minimum atomic E-state index is -0.255. The minimum absolute atomic E-state index is 0.0440. The van der Waals surface area contributed by atoms with Crippen LogP contribution in [0.5, 0.6) is 0 Å². The van der Waals surface area contributed by atoms with Crippen molar-refractivity contribution in [3.05, 3.63) is 0 Å². The molecular formula is C10H20O2. The summed E-state index contributed by atoms with van der Waals surface area (Å²) in [5.41, 5.74) is 0. The average molecular weight is 172 g/mol. The third-order valence-corrected chi connectivity index (χ3v) is 2.54. The summed E-state index contributed by atoms with van der Waals surface area (Å²) >= 11 is 0. The Hall–Kier alpha value is -0.0800. The maximum Gasteiger partial charge on any atom is 0.0860 e. The second-order valence-corrected chi connectivity index (χ2v) is 4.15. The van der Waals surface area contributed by atoms with Gasteiger partial charge in [-0.15, -0.1) is 0 Å². The molecule has 1 heterocycles. The summed E-state index contributed by atoms with van der Waals surface area (Å²) in [6, 6.07) is 0. The van der Waals surface area contributed by atoms with Crippen molar-refractivity contribution in [3.63, 3.8) is 0 Å². The SMILES string of the molecule is CC(C)[C@H]1O[C@@H](C)CCC[C@@H]1O. The lowest BCUT2D eigenvalue weighted by Crippen LogP contribution is -2.34. The lowest BCUT2D eigenvalue weighted by Gasteiger charge is -2.26. The van der Waals surface area contributed by atoms with Gasteiger partial charge in [-0.25, -0.2) is 0 Å². The normalized spacial score (nSPS) is 38.2. The summed E-state index contributed by atoms with van der Waals surface area (Å²) in [4.78, 5) is 0. The zero-order valence-corrected chi connectivity index (χ0v) is 8.29. The van der Waals surface area contributed by atoms with Gasteiger partial charge in [0.15, 0.2) is 0 Å². The molecule has 1 rings (SSSR count). The second kappa shape index (κ2) is 4.24. The van der Waals surface area contributed by atoms with Crippen LogP contribution >= 0.6 is 0 Å². The highest BCUT2D eigenvalue weighted by atomic mass is 16.5. The minimum Gasteiger partial charge on any atom is -0.390 e. The first kappa shape index (κ1) is 10.0. The quantitative estimate of drug-likeness (QED) is 0.655. The molecule has 0 spiro atoms. The predicted molar refractivity (Wildman–Crippen MR) is 49.0 cm³/mol. The topological polar surface area (TPSA) is 29.5 Å². The molecule has 2 heteroatoms. The van der Waals surface area contributed by atoms with Crippen molar-refractivity contribution in [1.82, 2.24) is 0 Å². The lowest BCUT2D eigenvalue weighted by molar-refractivity contribution is -0.0803. The molecule has 3 atom stereocenters. The molecule has 1 fully saturated rings. The van der Waals surface area contributed by atoms with Crippen molar-refractivity contribution in [2.75, 3.05) is 0 Å².